The molecule has 2 aliphatic rings. The van der Waals surface area contributed by atoms with Crippen LogP contribution in [-0.2, 0) is 9.53 Å². The summed E-state index contributed by atoms with van der Waals surface area (Å²) in [7, 11) is 1.58. The van der Waals surface area contributed by atoms with Crippen LogP contribution in [0.3, 0.4) is 0 Å². The number of hydrogen-bond acceptors (Lipinski definition) is 4. The van der Waals surface area contributed by atoms with E-state index in [-0.39, 0.29) is 18.4 Å². The number of carbonyl (C=O) groups excluding carboxylic acids is 2. The Morgan fingerprint density at radius 2 is 1.89 bits per heavy atom. The quantitative estimate of drug-likeness (QED) is 0.821. The van der Waals surface area contributed by atoms with Crippen LogP contribution in [-0.4, -0.2) is 55.7 Å². The predicted molar refractivity (Wildman–Crippen MR) is 106 cm³/mol. The lowest BCUT2D eigenvalue weighted by molar-refractivity contribution is -0.137. The number of aryl methyl sites for hydroxylation is 1. The standard InChI is InChI=1S/C22H24N2O4/c1-16-7-6-10-18(20(16)27-2)21(26)23-12-11-22(14-23)15-24(19(25)13-28-22)17-8-4-3-5-9-17/h3-10H,11-15H2,1-2H3. The highest BCUT2D eigenvalue weighted by Crippen LogP contribution is 2.34. The van der Waals surface area contributed by atoms with E-state index in [2.05, 4.69) is 0 Å². The zero-order valence-corrected chi connectivity index (χ0v) is 16.2. The van der Waals surface area contributed by atoms with Gasteiger partial charge in [-0.1, -0.05) is 30.3 Å². The van der Waals surface area contributed by atoms with Gasteiger partial charge < -0.3 is 19.3 Å². The monoisotopic (exact) mass is 380 g/mol. The van der Waals surface area contributed by atoms with Crippen LogP contribution in [0, 0.1) is 6.92 Å². The van der Waals surface area contributed by atoms with Crippen LogP contribution in [0.25, 0.3) is 0 Å². The van der Waals surface area contributed by atoms with Crippen LogP contribution in [0.2, 0.25) is 0 Å². The average Bonchev–Trinajstić information content (AvgIpc) is 3.13. The summed E-state index contributed by atoms with van der Waals surface area (Å²) >= 11 is 0. The van der Waals surface area contributed by atoms with Crippen molar-refractivity contribution in [3.63, 3.8) is 0 Å². The van der Waals surface area contributed by atoms with Crippen LogP contribution < -0.4 is 9.64 Å². The van der Waals surface area contributed by atoms with Crippen molar-refractivity contribution in [3.8, 4) is 5.75 Å². The van der Waals surface area contributed by atoms with E-state index >= 15 is 0 Å². The number of anilines is 1. The normalized spacial score (nSPS) is 22.0. The van der Waals surface area contributed by atoms with Crippen molar-refractivity contribution in [2.45, 2.75) is 18.9 Å². The van der Waals surface area contributed by atoms with E-state index in [0.717, 1.165) is 11.3 Å². The Morgan fingerprint density at radius 3 is 2.64 bits per heavy atom. The van der Waals surface area contributed by atoms with Crippen molar-refractivity contribution < 1.29 is 19.1 Å². The number of amides is 2. The van der Waals surface area contributed by atoms with Crippen LogP contribution in [0.15, 0.2) is 48.5 Å². The molecule has 0 N–H and O–H groups in total. The Labute approximate surface area is 164 Å². The molecule has 6 nitrogen and oxygen atoms in total. The Kier molecular flexibility index (Phi) is 4.81. The molecule has 0 radical (unpaired) electrons. The van der Waals surface area contributed by atoms with Crippen LogP contribution in [0.5, 0.6) is 5.75 Å². The summed E-state index contributed by atoms with van der Waals surface area (Å²) in [5, 5.41) is 0. The highest BCUT2D eigenvalue weighted by atomic mass is 16.5. The fourth-order valence-electron chi connectivity index (χ4n) is 4.08. The van der Waals surface area contributed by atoms with E-state index in [1.165, 1.54) is 0 Å². The first-order valence-corrected chi connectivity index (χ1v) is 9.45. The molecule has 1 unspecified atom stereocenters. The summed E-state index contributed by atoms with van der Waals surface area (Å²) < 4.78 is 11.4. The molecule has 1 atom stereocenters. The third-order valence-electron chi connectivity index (χ3n) is 5.57. The summed E-state index contributed by atoms with van der Waals surface area (Å²) in [6.07, 6.45) is 0.698. The third-order valence-corrected chi connectivity index (χ3v) is 5.57. The van der Waals surface area contributed by atoms with E-state index in [4.69, 9.17) is 9.47 Å². The fraction of sp³-hybridized carbons (Fsp3) is 0.364. The van der Waals surface area contributed by atoms with Gasteiger partial charge in [-0.15, -0.1) is 0 Å². The zero-order valence-electron chi connectivity index (χ0n) is 16.2. The van der Waals surface area contributed by atoms with Crippen molar-refractivity contribution in [1.82, 2.24) is 4.90 Å². The summed E-state index contributed by atoms with van der Waals surface area (Å²) in [4.78, 5) is 29.1. The molecule has 0 saturated carbocycles. The minimum atomic E-state index is -0.531. The van der Waals surface area contributed by atoms with Crippen molar-refractivity contribution in [3.05, 3.63) is 59.7 Å². The van der Waals surface area contributed by atoms with E-state index in [1.807, 2.05) is 49.4 Å². The molecule has 2 aromatic carbocycles. The van der Waals surface area contributed by atoms with Gasteiger partial charge in [0, 0.05) is 12.2 Å². The number of methoxy groups -OCH3 is 1. The van der Waals surface area contributed by atoms with Gasteiger partial charge in [-0.05, 0) is 37.1 Å². The van der Waals surface area contributed by atoms with Crippen molar-refractivity contribution >= 4 is 17.5 Å². The smallest absolute Gasteiger partial charge is 0.257 e. The molecule has 4 rings (SSSR count). The number of para-hydroxylation sites is 2. The number of rotatable bonds is 3. The largest absolute Gasteiger partial charge is 0.496 e. The lowest BCUT2D eigenvalue weighted by atomic mass is 10.00. The Bertz CT molecular complexity index is 899. The second-order valence-corrected chi connectivity index (χ2v) is 7.42. The molecular weight excluding hydrogens is 356 g/mol. The maximum atomic E-state index is 13.1. The third kappa shape index (κ3) is 3.24. The highest BCUT2D eigenvalue weighted by molar-refractivity contribution is 5.98. The topological polar surface area (TPSA) is 59.1 Å². The lowest BCUT2D eigenvalue weighted by Gasteiger charge is -2.40. The zero-order chi connectivity index (χ0) is 19.7. The van der Waals surface area contributed by atoms with Gasteiger partial charge in [0.25, 0.3) is 11.8 Å². The van der Waals surface area contributed by atoms with Crippen LogP contribution in [0.4, 0.5) is 5.69 Å². The highest BCUT2D eigenvalue weighted by Gasteiger charge is 2.47. The number of morpholine rings is 1. The number of likely N-dealkylation sites (tertiary alicyclic amines) is 1. The molecule has 2 aliphatic heterocycles. The molecule has 2 amide bonds. The molecule has 2 fully saturated rings. The fourth-order valence-corrected chi connectivity index (χ4v) is 4.08. The number of nitrogens with zero attached hydrogens (tertiary/aromatic N) is 2. The van der Waals surface area contributed by atoms with Gasteiger partial charge in [-0.25, -0.2) is 0 Å². The molecule has 28 heavy (non-hydrogen) atoms. The molecule has 0 bridgehead atoms. The number of benzene rings is 2. The molecule has 146 valence electrons. The van der Waals surface area contributed by atoms with Crippen molar-refractivity contribution in [2.75, 3.05) is 38.3 Å². The first-order valence-electron chi connectivity index (χ1n) is 9.45. The van der Waals surface area contributed by atoms with Gasteiger partial charge in [0.05, 0.1) is 25.8 Å². The molecule has 2 saturated heterocycles. The van der Waals surface area contributed by atoms with Gasteiger partial charge in [0.2, 0.25) is 0 Å². The predicted octanol–water partition coefficient (Wildman–Crippen LogP) is 2.65. The summed E-state index contributed by atoms with van der Waals surface area (Å²) in [6.45, 7) is 3.45. The van der Waals surface area contributed by atoms with Gasteiger partial charge in [0.1, 0.15) is 18.0 Å². The van der Waals surface area contributed by atoms with E-state index in [9.17, 15) is 9.59 Å². The van der Waals surface area contributed by atoms with E-state index in [1.54, 1.807) is 23.0 Å². The van der Waals surface area contributed by atoms with Crippen LogP contribution >= 0.6 is 0 Å². The first kappa shape index (κ1) is 18.5. The van der Waals surface area contributed by atoms with Gasteiger partial charge in [-0.3, -0.25) is 9.59 Å². The average molecular weight is 380 g/mol. The maximum absolute atomic E-state index is 13.1. The van der Waals surface area contributed by atoms with Gasteiger partial charge in [-0.2, -0.15) is 0 Å². The second-order valence-electron chi connectivity index (χ2n) is 7.42. The number of carbonyl (C=O) groups is 2. The minimum Gasteiger partial charge on any atom is -0.496 e. The Hall–Kier alpha value is -2.86. The lowest BCUT2D eigenvalue weighted by Crippen LogP contribution is -2.56. The molecule has 1 spiro atoms. The first-order chi connectivity index (χ1) is 13.5. The molecular formula is C22H24N2O4. The molecule has 2 aromatic rings. The number of hydrogen-bond donors (Lipinski definition) is 0. The van der Waals surface area contributed by atoms with Crippen molar-refractivity contribution in [2.24, 2.45) is 0 Å². The van der Waals surface area contributed by atoms with Gasteiger partial charge in [0.15, 0.2) is 0 Å². The maximum Gasteiger partial charge on any atom is 0.257 e. The van der Waals surface area contributed by atoms with Crippen LogP contribution in [0.1, 0.15) is 22.3 Å². The molecule has 2 heterocycles. The summed E-state index contributed by atoms with van der Waals surface area (Å²) in [6, 6.07) is 15.2. The van der Waals surface area contributed by atoms with E-state index in [0.29, 0.717) is 37.4 Å². The van der Waals surface area contributed by atoms with Crippen molar-refractivity contribution in [1.29, 1.82) is 0 Å². The molecule has 0 aromatic heterocycles. The summed E-state index contributed by atoms with van der Waals surface area (Å²) in [5.41, 5.74) is 1.82. The Morgan fingerprint density at radius 1 is 1.11 bits per heavy atom. The molecule has 6 heteroatoms. The van der Waals surface area contributed by atoms with Gasteiger partial charge >= 0.3 is 0 Å². The SMILES string of the molecule is COc1c(C)cccc1C(=O)N1CCC2(C1)CN(c1ccccc1)C(=O)CO2. The Balaban J connectivity index is 1.54. The second kappa shape index (κ2) is 7.28. The summed E-state index contributed by atoms with van der Waals surface area (Å²) in [5.74, 6) is 0.491. The minimum absolute atomic E-state index is 0.0324. The number of ether oxygens (including phenoxy) is 2. The van der Waals surface area contributed by atoms with E-state index < -0.39 is 5.60 Å². The molecule has 0 aliphatic carbocycles.